The Kier molecular flexibility index (Phi) is 36.2. The summed E-state index contributed by atoms with van der Waals surface area (Å²) in [6.07, 6.45) is 21.4. The minimum atomic E-state index is -0.895. The van der Waals surface area contributed by atoms with Gasteiger partial charge in [-0.3, -0.25) is 43.2 Å². The Labute approximate surface area is 413 Å². The minimum Gasteiger partial charge on any atom is -0.346 e. The highest BCUT2D eigenvalue weighted by Crippen LogP contribution is 2.24. The standard InChI is InChI=1S/C56H99N3O9/c1-12-16-19-21-22-23-24-25-26-27-30-33-46(60)39-45(32-29-20-17-13-2)56(68)57-44(10)49(62)34-35-52(65)59(11)53(41(7)31-28-18-14-3)51(64)38-43(9)55(67)58-47(36-40(5)6)50(63)37-42(8)54(66)48(61)15-4/h40-45,47,53H,12-39H2,1-11H3,(H,57,68)(H,58,67)/t41?,42?,43-,44-,45+,47+,53+/m1/s1. The fourth-order valence-corrected chi connectivity index (χ4v) is 9.04. The van der Waals surface area contributed by atoms with Crippen LogP contribution in [-0.2, 0) is 43.2 Å². The van der Waals surface area contributed by atoms with Gasteiger partial charge in [-0.1, -0.05) is 171 Å². The largest absolute Gasteiger partial charge is 0.346 e. The average Bonchev–Trinajstić information content (AvgIpc) is 3.29. The highest BCUT2D eigenvalue weighted by molar-refractivity contribution is 6.38. The Balaban J connectivity index is 5.63. The zero-order valence-corrected chi connectivity index (χ0v) is 45.0. The monoisotopic (exact) mass is 958 g/mol. The minimum absolute atomic E-state index is 0.0327. The van der Waals surface area contributed by atoms with Gasteiger partial charge in [-0.2, -0.15) is 0 Å². The molecule has 0 rings (SSSR count). The molecule has 2 unspecified atom stereocenters. The second-order valence-corrected chi connectivity index (χ2v) is 20.7. The number of carbonyl (C=O) groups excluding carboxylic acids is 9. The molecule has 7 atom stereocenters. The first-order chi connectivity index (χ1) is 32.2. The van der Waals surface area contributed by atoms with E-state index in [0.29, 0.717) is 25.7 Å². The highest BCUT2D eigenvalue weighted by Gasteiger charge is 2.35. The Bertz CT molecular complexity index is 1530. The van der Waals surface area contributed by atoms with Gasteiger partial charge in [0.25, 0.3) is 0 Å². The number of nitrogens with zero attached hydrogens (tertiary/aromatic N) is 1. The SMILES string of the molecule is CCCCCCCCCCCCCC(=O)C[C@H](CCCCCC)C(=O)N[C@H](C)C(=O)CCC(=O)N(C)[C@H](C(=O)C[C@@H](C)C(=O)N[C@@H](CC(C)C)C(=O)CC(C)C(=O)C(=O)CC)C(C)CCCCC. The van der Waals surface area contributed by atoms with Crippen molar-refractivity contribution in [3.8, 4) is 0 Å². The van der Waals surface area contributed by atoms with Gasteiger partial charge in [-0.05, 0) is 44.4 Å². The molecule has 12 heteroatoms. The zero-order chi connectivity index (χ0) is 51.6. The molecular weight excluding hydrogens is 859 g/mol. The van der Waals surface area contributed by atoms with Crippen LogP contribution in [0.25, 0.3) is 0 Å². The van der Waals surface area contributed by atoms with Crippen molar-refractivity contribution in [2.45, 2.75) is 267 Å². The summed E-state index contributed by atoms with van der Waals surface area (Å²) < 4.78 is 0. The molecule has 0 fully saturated rings. The summed E-state index contributed by atoms with van der Waals surface area (Å²) in [5, 5.41) is 5.67. The highest BCUT2D eigenvalue weighted by atomic mass is 16.2. The smallest absolute Gasteiger partial charge is 0.224 e. The van der Waals surface area contributed by atoms with Crippen LogP contribution in [0.1, 0.15) is 249 Å². The van der Waals surface area contributed by atoms with Gasteiger partial charge >= 0.3 is 0 Å². The predicted octanol–water partition coefficient (Wildman–Crippen LogP) is 11.4. The quantitative estimate of drug-likeness (QED) is 0.0444. The maximum Gasteiger partial charge on any atom is 0.224 e. The van der Waals surface area contributed by atoms with Crippen molar-refractivity contribution in [2.75, 3.05) is 7.05 Å². The molecule has 0 aliphatic heterocycles. The van der Waals surface area contributed by atoms with Gasteiger partial charge in [0.05, 0.1) is 18.1 Å². The third kappa shape index (κ3) is 28.2. The number of hydrogen-bond donors (Lipinski definition) is 2. The maximum atomic E-state index is 14.1. The molecule has 392 valence electrons. The molecule has 68 heavy (non-hydrogen) atoms. The molecule has 2 N–H and O–H groups in total. The van der Waals surface area contributed by atoms with Crippen LogP contribution in [0.2, 0.25) is 0 Å². The molecule has 0 spiro atoms. The zero-order valence-electron chi connectivity index (χ0n) is 45.0. The van der Waals surface area contributed by atoms with E-state index in [2.05, 4.69) is 31.4 Å². The number of likely N-dealkylation sites (N-methyl/N-ethyl adjacent to an activating group) is 1. The van der Waals surface area contributed by atoms with Crippen molar-refractivity contribution in [1.29, 1.82) is 0 Å². The normalized spacial score (nSPS) is 14.5. The Hall–Kier alpha value is -3.57. The molecule has 0 aliphatic rings. The first-order valence-corrected chi connectivity index (χ1v) is 27.3. The maximum absolute atomic E-state index is 14.1. The van der Waals surface area contributed by atoms with E-state index < -0.39 is 59.3 Å². The van der Waals surface area contributed by atoms with E-state index >= 15 is 0 Å². The molecule has 0 aliphatic carbocycles. The van der Waals surface area contributed by atoms with E-state index in [0.717, 1.165) is 64.2 Å². The number of Topliss-reactive ketones (excluding diaryl/α,β-unsaturated/α-hetero) is 6. The Morgan fingerprint density at radius 2 is 0.985 bits per heavy atom. The summed E-state index contributed by atoms with van der Waals surface area (Å²) in [6, 6.07) is -2.61. The van der Waals surface area contributed by atoms with Gasteiger partial charge in [0, 0.05) is 69.7 Å². The lowest BCUT2D eigenvalue weighted by atomic mass is 9.87. The van der Waals surface area contributed by atoms with Crippen LogP contribution >= 0.6 is 0 Å². The molecule has 0 radical (unpaired) electrons. The van der Waals surface area contributed by atoms with Crippen molar-refractivity contribution in [2.24, 2.45) is 29.6 Å². The van der Waals surface area contributed by atoms with Gasteiger partial charge in [-0.25, -0.2) is 0 Å². The van der Waals surface area contributed by atoms with Crippen molar-refractivity contribution in [1.82, 2.24) is 15.5 Å². The van der Waals surface area contributed by atoms with Crippen LogP contribution < -0.4 is 10.6 Å². The number of carbonyl (C=O) groups is 9. The van der Waals surface area contributed by atoms with E-state index in [1.807, 2.05) is 20.8 Å². The van der Waals surface area contributed by atoms with Crippen molar-refractivity contribution < 1.29 is 43.2 Å². The molecule has 0 aromatic heterocycles. The van der Waals surface area contributed by atoms with E-state index in [9.17, 15) is 43.2 Å². The van der Waals surface area contributed by atoms with E-state index in [-0.39, 0.29) is 79.4 Å². The topological polar surface area (TPSA) is 181 Å². The predicted molar refractivity (Wildman–Crippen MR) is 274 cm³/mol. The molecule has 0 aromatic carbocycles. The lowest BCUT2D eigenvalue weighted by molar-refractivity contribution is -0.142. The third-order valence-electron chi connectivity index (χ3n) is 13.6. The molecule has 12 nitrogen and oxygen atoms in total. The fourth-order valence-electron chi connectivity index (χ4n) is 9.04. The molecule has 0 bridgehead atoms. The van der Waals surface area contributed by atoms with Gasteiger partial charge in [0.15, 0.2) is 23.1 Å². The first-order valence-electron chi connectivity index (χ1n) is 27.3. The number of hydrogen-bond acceptors (Lipinski definition) is 9. The van der Waals surface area contributed by atoms with Crippen molar-refractivity contribution in [3.05, 3.63) is 0 Å². The number of rotatable bonds is 44. The fraction of sp³-hybridized carbons (Fsp3) is 0.839. The first kappa shape index (κ1) is 64.4. The van der Waals surface area contributed by atoms with E-state index in [1.165, 1.54) is 63.2 Å². The van der Waals surface area contributed by atoms with Crippen LogP contribution in [0, 0.1) is 29.6 Å². The average molecular weight is 958 g/mol. The van der Waals surface area contributed by atoms with Crippen LogP contribution in [-0.4, -0.2) is 82.5 Å². The summed E-state index contributed by atoms with van der Waals surface area (Å²) in [6.45, 7) is 18.5. The second kappa shape index (κ2) is 38.2. The summed E-state index contributed by atoms with van der Waals surface area (Å²) >= 11 is 0. The molecule has 0 saturated heterocycles. The summed E-state index contributed by atoms with van der Waals surface area (Å²) in [7, 11) is 1.56. The van der Waals surface area contributed by atoms with Crippen molar-refractivity contribution >= 4 is 52.4 Å². The van der Waals surface area contributed by atoms with Gasteiger partial charge in [0.1, 0.15) is 5.78 Å². The van der Waals surface area contributed by atoms with E-state index in [1.54, 1.807) is 27.8 Å². The van der Waals surface area contributed by atoms with Gasteiger partial charge in [0.2, 0.25) is 23.5 Å². The number of unbranched alkanes of at least 4 members (excludes halogenated alkanes) is 15. The molecule has 0 saturated carbocycles. The third-order valence-corrected chi connectivity index (χ3v) is 13.6. The molecular formula is C56H99N3O9. The lowest BCUT2D eigenvalue weighted by Crippen LogP contribution is -2.49. The van der Waals surface area contributed by atoms with Crippen LogP contribution in [0.15, 0.2) is 0 Å². The summed E-state index contributed by atoms with van der Waals surface area (Å²) in [4.78, 5) is 121. The van der Waals surface area contributed by atoms with Gasteiger partial charge < -0.3 is 15.5 Å². The second-order valence-electron chi connectivity index (χ2n) is 20.7. The number of ketones is 6. The molecule has 0 heterocycles. The van der Waals surface area contributed by atoms with Crippen LogP contribution in [0.3, 0.4) is 0 Å². The Morgan fingerprint density at radius 1 is 0.485 bits per heavy atom. The van der Waals surface area contributed by atoms with Crippen LogP contribution in [0.4, 0.5) is 0 Å². The van der Waals surface area contributed by atoms with Crippen molar-refractivity contribution in [3.63, 3.8) is 0 Å². The van der Waals surface area contributed by atoms with Crippen LogP contribution in [0.5, 0.6) is 0 Å². The molecule has 0 aromatic rings. The molecule has 3 amide bonds. The summed E-state index contributed by atoms with van der Waals surface area (Å²) in [5.41, 5.74) is 0. The summed E-state index contributed by atoms with van der Waals surface area (Å²) in [5.74, 6) is -5.60. The number of amides is 3. The lowest BCUT2D eigenvalue weighted by Gasteiger charge is -2.33. The van der Waals surface area contributed by atoms with Gasteiger partial charge in [-0.15, -0.1) is 0 Å². The number of nitrogens with one attached hydrogen (secondary N) is 2. The van der Waals surface area contributed by atoms with E-state index in [4.69, 9.17) is 0 Å². The Morgan fingerprint density at radius 3 is 1.53 bits per heavy atom.